The van der Waals surface area contributed by atoms with Crippen LogP contribution >= 0.6 is 11.8 Å². The zero-order chi connectivity index (χ0) is 12.7. The predicted octanol–water partition coefficient (Wildman–Crippen LogP) is 3.92. The molecule has 1 aromatic carbocycles. The van der Waals surface area contributed by atoms with E-state index >= 15 is 0 Å². The number of hydrogen-bond donors (Lipinski definition) is 1. The third kappa shape index (κ3) is 5.60. The van der Waals surface area contributed by atoms with E-state index in [0.29, 0.717) is 6.04 Å². The van der Waals surface area contributed by atoms with Crippen LogP contribution in [0.3, 0.4) is 0 Å². The van der Waals surface area contributed by atoms with Crippen LogP contribution in [0.4, 0.5) is 0 Å². The molecule has 0 saturated carbocycles. The Kier molecular flexibility index (Phi) is 6.68. The molecule has 0 aliphatic rings. The van der Waals surface area contributed by atoms with E-state index in [1.807, 2.05) is 11.8 Å². The highest BCUT2D eigenvalue weighted by Crippen LogP contribution is 2.10. The van der Waals surface area contributed by atoms with E-state index in [2.05, 4.69) is 51.2 Å². The molecule has 1 unspecified atom stereocenters. The molecule has 1 aromatic rings. The van der Waals surface area contributed by atoms with Gasteiger partial charge in [-0.3, -0.25) is 0 Å². The van der Waals surface area contributed by atoms with Crippen molar-refractivity contribution in [1.82, 2.24) is 5.32 Å². The smallest absolute Gasteiger partial charge is 0.0208 e. The minimum atomic E-state index is 0.607. The minimum Gasteiger partial charge on any atom is -0.310 e. The first-order valence-corrected chi connectivity index (χ1v) is 7.66. The molecule has 0 amide bonds. The van der Waals surface area contributed by atoms with Crippen LogP contribution in [0.25, 0.3) is 0 Å². The average Bonchev–Trinajstić information content (AvgIpc) is 2.31. The Morgan fingerprint density at radius 1 is 1.24 bits per heavy atom. The molecule has 0 heterocycles. The third-order valence-corrected chi connectivity index (χ3v) is 4.06. The second-order valence-corrected chi connectivity index (χ2v) is 6.08. The van der Waals surface area contributed by atoms with Crippen molar-refractivity contribution in [3.05, 3.63) is 34.9 Å². The van der Waals surface area contributed by atoms with Crippen molar-refractivity contribution in [2.75, 3.05) is 11.5 Å². The van der Waals surface area contributed by atoms with Gasteiger partial charge in [0.2, 0.25) is 0 Å². The maximum atomic E-state index is 3.59. The molecule has 17 heavy (non-hydrogen) atoms. The molecule has 0 saturated heterocycles. The standard InChI is InChI=1S/C15H25NS/c1-5-17-9-8-14(4)16-11-15-7-6-12(2)13(3)10-15/h6-7,10,14,16H,5,8-9,11H2,1-4H3. The molecule has 2 heteroatoms. The Morgan fingerprint density at radius 2 is 2.00 bits per heavy atom. The lowest BCUT2D eigenvalue weighted by atomic mass is 10.1. The van der Waals surface area contributed by atoms with Crippen molar-refractivity contribution in [1.29, 1.82) is 0 Å². The van der Waals surface area contributed by atoms with Gasteiger partial charge in [-0.25, -0.2) is 0 Å². The number of benzene rings is 1. The molecule has 96 valence electrons. The van der Waals surface area contributed by atoms with Gasteiger partial charge in [-0.05, 0) is 55.4 Å². The summed E-state index contributed by atoms with van der Waals surface area (Å²) in [5.74, 6) is 2.49. The molecule has 0 spiro atoms. The van der Waals surface area contributed by atoms with Crippen LogP contribution in [0.15, 0.2) is 18.2 Å². The van der Waals surface area contributed by atoms with Crippen molar-refractivity contribution in [2.45, 2.75) is 46.7 Å². The quantitative estimate of drug-likeness (QED) is 0.737. The van der Waals surface area contributed by atoms with Gasteiger partial charge in [-0.1, -0.05) is 25.1 Å². The lowest BCUT2D eigenvalue weighted by Gasteiger charge is -2.14. The summed E-state index contributed by atoms with van der Waals surface area (Å²) in [7, 11) is 0. The van der Waals surface area contributed by atoms with Crippen LogP contribution < -0.4 is 5.32 Å². The Morgan fingerprint density at radius 3 is 2.65 bits per heavy atom. The molecule has 1 rings (SSSR count). The summed E-state index contributed by atoms with van der Waals surface area (Å²) < 4.78 is 0. The molecule has 0 fully saturated rings. The summed E-state index contributed by atoms with van der Waals surface area (Å²) in [6, 6.07) is 7.33. The van der Waals surface area contributed by atoms with E-state index in [1.54, 1.807) is 0 Å². The second-order valence-electron chi connectivity index (χ2n) is 4.69. The molecule has 0 aliphatic carbocycles. The van der Waals surface area contributed by atoms with Crippen molar-refractivity contribution in [2.24, 2.45) is 0 Å². The molecule has 0 aromatic heterocycles. The van der Waals surface area contributed by atoms with Gasteiger partial charge in [0, 0.05) is 12.6 Å². The van der Waals surface area contributed by atoms with Crippen LogP contribution in [0.5, 0.6) is 0 Å². The topological polar surface area (TPSA) is 12.0 Å². The molecule has 1 nitrogen and oxygen atoms in total. The van der Waals surface area contributed by atoms with Crippen LogP contribution in [-0.2, 0) is 6.54 Å². The molecule has 0 radical (unpaired) electrons. The number of aryl methyl sites for hydroxylation is 2. The van der Waals surface area contributed by atoms with Gasteiger partial charge in [-0.2, -0.15) is 11.8 Å². The van der Waals surface area contributed by atoms with Gasteiger partial charge in [-0.15, -0.1) is 0 Å². The molecular weight excluding hydrogens is 226 g/mol. The van der Waals surface area contributed by atoms with E-state index in [1.165, 1.54) is 34.6 Å². The number of rotatable bonds is 7. The van der Waals surface area contributed by atoms with E-state index in [0.717, 1.165) is 6.54 Å². The monoisotopic (exact) mass is 251 g/mol. The zero-order valence-electron chi connectivity index (χ0n) is 11.5. The first kappa shape index (κ1) is 14.6. The summed E-state index contributed by atoms with van der Waals surface area (Å²) in [5.41, 5.74) is 4.16. The van der Waals surface area contributed by atoms with E-state index < -0.39 is 0 Å². The van der Waals surface area contributed by atoms with Gasteiger partial charge in [0.25, 0.3) is 0 Å². The normalized spacial score (nSPS) is 12.7. The van der Waals surface area contributed by atoms with Crippen molar-refractivity contribution in [3.8, 4) is 0 Å². The maximum absolute atomic E-state index is 3.59. The first-order chi connectivity index (χ1) is 8.13. The van der Waals surface area contributed by atoms with Gasteiger partial charge in [0.15, 0.2) is 0 Å². The fraction of sp³-hybridized carbons (Fsp3) is 0.600. The van der Waals surface area contributed by atoms with Crippen LogP contribution in [0, 0.1) is 13.8 Å². The fourth-order valence-corrected chi connectivity index (χ4v) is 2.52. The summed E-state index contributed by atoms with van der Waals surface area (Å²) in [6.07, 6.45) is 1.25. The van der Waals surface area contributed by atoms with Crippen molar-refractivity contribution in [3.63, 3.8) is 0 Å². The summed E-state index contributed by atoms with van der Waals surface area (Å²) >= 11 is 2.02. The Hall–Kier alpha value is -0.470. The lowest BCUT2D eigenvalue weighted by molar-refractivity contribution is 0.537. The van der Waals surface area contributed by atoms with Crippen LogP contribution in [-0.4, -0.2) is 17.5 Å². The van der Waals surface area contributed by atoms with Gasteiger partial charge >= 0.3 is 0 Å². The Bertz CT molecular complexity index is 336. The highest BCUT2D eigenvalue weighted by Gasteiger charge is 2.02. The van der Waals surface area contributed by atoms with Gasteiger partial charge < -0.3 is 5.32 Å². The molecule has 1 N–H and O–H groups in total. The lowest BCUT2D eigenvalue weighted by Crippen LogP contribution is -2.26. The number of hydrogen-bond acceptors (Lipinski definition) is 2. The van der Waals surface area contributed by atoms with Gasteiger partial charge in [0.05, 0.1) is 0 Å². The zero-order valence-corrected chi connectivity index (χ0v) is 12.4. The SMILES string of the molecule is CCSCCC(C)NCc1ccc(C)c(C)c1. The molecular formula is C15H25NS. The average molecular weight is 251 g/mol. The third-order valence-electron chi connectivity index (χ3n) is 3.13. The highest BCUT2D eigenvalue weighted by molar-refractivity contribution is 7.99. The summed E-state index contributed by atoms with van der Waals surface area (Å²) in [5, 5.41) is 3.59. The fourth-order valence-electron chi connectivity index (χ4n) is 1.71. The number of thioether (sulfide) groups is 1. The highest BCUT2D eigenvalue weighted by atomic mass is 32.2. The second kappa shape index (κ2) is 7.78. The van der Waals surface area contributed by atoms with Crippen LogP contribution in [0.1, 0.15) is 37.0 Å². The first-order valence-electron chi connectivity index (χ1n) is 6.50. The largest absolute Gasteiger partial charge is 0.310 e. The minimum absolute atomic E-state index is 0.607. The van der Waals surface area contributed by atoms with Gasteiger partial charge in [0.1, 0.15) is 0 Å². The summed E-state index contributed by atoms with van der Waals surface area (Å²) in [4.78, 5) is 0. The summed E-state index contributed by atoms with van der Waals surface area (Å²) in [6.45, 7) is 9.82. The Balaban J connectivity index is 2.31. The molecule has 1 atom stereocenters. The maximum Gasteiger partial charge on any atom is 0.0208 e. The molecule has 0 aliphatic heterocycles. The predicted molar refractivity (Wildman–Crippen MR) is 79.8 cm³/mol. The van der Waals surface area contributed by atoms with E-state index in [-0.39, 0.29) is 0 Å². The number of nitrogens with one attached hydrogen (secondary N) is 1. The van der Waals surface area contributed by atoms with Crippen molar-refractivity contribution >= 4 is 11.8 Å². The van der Waals surface area contributed by atoms with E-state index in [4.69, 9.17) is 0 Å². The molecule has 0 bridgehead atoms. The van der Waals surface area contributed by atoms with Crippen LogP contribution in [0.2, 0.25) is 0 Å². The van der Waals surface area contributed by atoms with E-state index in [9.17, 15) is 0 Å². The Labute approximate surface area is 110 Å². The van der Waals surface area contributed by atoms with Crippen molar-refractivity contribution < 1.29 is 0 Å².